The standard InChI is InChI=1S/C13H15N5O2/c19-18(20)11-5-3-10(4-6-11)13-15-9-17(16-13)12-2-1-7-14-8-12/h3-6,9,12,14H,1-2,7-8H2. The highest BCUT2D eigenvalue weighted by Crippen LogP contribution is 2.21. The van der Waals surface area contributed by atoms with E-state index >= 15 is 0 Å². The number of rotatable bonds is 3. The predicted octanol–water partition coefficient (Wildman–Crippen LogP) is 1.78. The molecule has 1 N–H and O–H groups in total. The summed E-state index contributed by atoms with van der Waals surface area (Å²) in [6.45, 7) is 1.96. The van der Waals surface area contributed by atoms with Gasteiger partial charge >= 0.3 is 0 Å². The molecule has 104 valence electrons. The van der Waals surface area contributed by atoms with E-state index in [1.165, 1.54) is 12.1 Å². The highest BCUT2D eigenvalue weighted by Gasteiger charge is 2.17. The number of hydrogen-bond acceptors (Lipinski definition) is 5. The molecule has 2 heterocycles. The van der Waals surface area contributed by atoms with Gasteiger partial charge in [-0.2, -0.15) is 5.10 Å². The van der Waals surface area contributed by atoms with Crippen LogP contribution in [0.5, 0.6) is 0 Å². The number of non-ortho nitro benzene ring substituents is 1. The van der Waals surface area contributed by atoms with E-state index in [-0.39, 0.29) is 5.69 Å². The number of nitrogens with one attached hydrogen (secondary N) is 1. The van der Waals surface area contributed by atoms with Crippen molar-refractivity contribution in [3.05, 3.63) is 40.7 Å². The summed E-state index contributed by atoms with van der Waals surface area (Å²) in [6, 6.07) is 6.63. The normalized spacial score (nSPS) is 18.9. The summed E-state index contributed by atoms with van der Waals surface area (Å²) in [7, 11) is 0. The van der Waals surface area contributed by atoms with Crippen LogP contribution in [0, 0.1) is 10.1 Å². The highest BCUT2D eigenvalue weighted by molar-refractivity contribution is 5.56. The number of benzene rings is 1. The summed E-state index contributed by atoms with van der Waals surface area (Å²) in [6.07, 6.45) is 3.96. The van der Waals surface area contributed by atoms with Crippen LogP contribution in [0.15, 0.2) is 30.6 Å². The van der Waals surface area contributed by atoms with Gasteiger partial charge in [0.1, 0.15) is 6.33 Å². The Hall–Kier alpha value is -2.28. The molecule has 0 radical (unpaired) electrons. The monoisotopic (exact) mass is 273 g/mol. The van der Waals surface area contributed by atoms with Gasteiger partial charge in [-0.1, -0.05) is 0 Å². The first kappa shape index (κ1) is 12.7. The molecule has 0 bridgehead atoms. The predicted molar refractivity (Wildman–Crippen MR) is 73.3 cm³/mol. The van der Waals surface area contributed by atoms with Crippen molar-refractivity contribution in [2.45, 2.75) is 18.9 Å². The molecule has 0 amide bonds. The van der Waals surface area contributed by atoms with Crippen molar-refractivity contribution >= 4 is 5.69 Å². The van der Waals surface area contributed by atoms with Gasteiger partial charge in [0.05, 0.1) is 11.0 Å². The van der Waals surface area contributed by atoms with E-state index in [9.17, 15) is 10.1 Å². The van der Waals surface area contributed by atoms with E-state index in [0.29, 0.717) is 11.9 Å². The Bertz CT molecular complexity index is 601. The van der Waals surface area contributed by atoms with Crippen LogP contribution in [0.4, 0.5) is 5.69 Å². The number of piperidine rings is 1. The second-order valence-corrected chi connectivity index (χ2v) is 4.85. The van der Waals surface area contributed by atoms with Crippen LogP contribution in [0.3, 0.4) is 0 Å². The van der Waals surface area contributed by atoms with Crippen LogP contribution in [-0.4, -0.2) is 32.8 Å². The third-order valence-corrected chi connectivity index (χ3v) is 3.49. The number of nitro groups is 1. The zero-order valence-corrected chi connectivity index (χ0v) is 10.9. The SMILES string of the molecule is O=[N+]([O-])c1ccc(-c2ncn(C3CCCNC3)n2)cc1. The van der Waals surface area contributed by atoms with Crippen LogP contribution in [0.2, 0.25) is 0 Å². The molecule has 1 saturated heterocycles. The summed E-state index contributed by atoms with van der Waals surface area (Å²) in [5.74, 6) is 0.602. The third-order valence-electron chi connectivity index (χ3n) is 3.49. The van der Waals surface area contributed by atoms with E-state index in [1.807, 2.05) is 4.68 Å². The second-order valence-electron chi connectivity index (χ2n) is 4.85. The van der Waals surface area contributed by atoms with Gasteiger partial charge in [0, 0.05) is 24.2 Å². The van der Waals surface area contributed by atoms with Crippen molar-refractivity contribution in [1.29, 1.82) is 0 Å². The molecule has 0 spiro atoms. The number of aromatic nitrogens is 3. The topological polar surface area (TPSA) is 85.9 Å². The summed E-state index contributed by atoms with van der Waals surface area (Å²) in [5.41, 5.74) is 0.864. The largest absolute Gasteiger partial charge is 0.315 e. The lowest BCUT2D eigenvalue weighted by Gasteiger charge is -2.22. The summed E-state index contributed by atoms with van der Waals surface area (Å²) in [5, 5.41) is 18.4. The molecule has 1 aliphatic heterocycles. The van der Waals surface area contributed by atoms with Crippen LogP contribution >= 0.6 is 0 Å². The van der Waals surface area contributed by atoms with Gasteiger partial charge in [-0.3, -0.25) is 10.1 Å². The van der Waals surface area contributed by atoms with Gasteiger partial charge in [-0.15, -0.1) is 0 Å². The van der Waals surface area contributed by atoms with Gasteiger partial charge in [0.15, 0.2) is 5.82 Å². The molecule has 2 aromatic rings. The van der Waals surface area contributed by atoms with Crippen molar-refractivity contribution in [3.8, 4) is 11.4 Å². The van der Waals surface area contributed by atoms with Gasteiger partial charge < -0.3 is 5.32 Å². The minimum absolute atomic E-state index is 0.0738. The molecule has 7 nitrogen and oxygen atoms in total. The molecule has 7 heteroatoms. The summed E-state index contributed by atoms with van der Waals surface area (Å²) in [4.78, 5) is 14.5. The van der Waals surface area contributed by atoms with Crippen molar-refractivity contribution < 1.29 is 4.92 Å². The number of nitro benzene ring substituents is 1. The zero-order valence-electron chi connectivity index (χ0n) is 10.9. The quantitative estimate of drug-likeness (QED) is 0.680. The molecule has 20 heavy (non-hydrogen) atoms. The first-order valence-electron chi connectivity index (χ1n) is 6.61. The second kappa shape index (κ2) is 5.38. The van der Waals surface area contributed by atoms with Gasteiger partial charge in [-0.25, -0.2) is 9.67 Å². The van der Waals surface area contributed by atoms with E-state index < -0.39 is 4.92 Å². The molecular formula is C13H15N5O2. The van der Waals surface area contributed by atoms with E-state index in [2.05, 4.69) is 15.4 Å². The van der Waals surface area contributed by atoms with E-state index in [1.54, 1.807) is 18.5 Å². The van der Waals surface area contributed by atoms with Gasteiger partial charge in [0.2, 0.25) is 0 Å². The van der Waals surface area contributed by atoms with Gasteiger partial charge in [0.25, 0.3) is 5.69 Å². The zero-order chi connectivity index (χ0) is 13.9. The molecular weight excluding hydrogens is 258 g/mol. The van der Waals surface area contributed by atoms with Crippen LogP contribution in [-0.2, 0) is 0 Å². The maximum Gasteiger partial charge on any atom is 0.269 e. The van der Waals surface area contributed by atoms with E-state index in [4.69, 9.17) is 0 Å². The summed E-state index contributed by atoms with van der Waals surface area (Å²) < 4.78 is 1.88. The minimum Gasteiger partial charge on any atom is -0.315 e. The molecule has 1 fully saturated rings. The van der Waals surface area contributed by atoms with Crippen LogP contribution in [0.1, 0.15) is 18.9 Å². The lowest BCUT2D eigenvalue weighted by molar-refractivity contribution is -0.384. The van der Waals surface area contributed by atoms with Crippen molar-refractivity contribution in [2.24, 2.45) is 0 Å². The van der Waals surface area contributed by atoms with Crippen molar-refractivity contribution in [2.75, 3.05) is 13.1 Å². The molecule has 1 atom stereocenters. The smallest absolute Gasteiger partial charge is 0.269 e. The number of hydrogen-bond donors (Lipinski definition) is 1. The van der Waals surface area contributed by atoms with Crippen LogP contribution < -0.4 is 5.32 Å². The molecule has 1 aromatic carbocycles. The fourth-order valence-corrected chi connectivity index (χ4v) is 2.37. The molecule has 3 rings (SSSR count). The Morgan fingerprint density at radius 3 is 2.80 bits per heavy atom. The minimum atomic E-state index is -0.413. The summed E-state index contributed by atoms with van der Waals surface area (Å²) >= 11 is 0. The molecule has 0 aliphatic carbocycles. The lowest BCUT2D eigenvalue weighted by atomic mass is 10.1. The first-order valence-corrected chi connectivity index (χ1v) is 6.61. The first-order chi connectivity index (χ1) is 9.74. The fraction of sp³-hybridized carbons (Fsp3) is 0.385. The fourth-order valence-electron chi connectivity index (χ4n) is 2.37. The Morgan fingerprint density at radius 2 is 2.15 bits per heavy atom. The Morgan fingerprint density at radius 1 is 1.35 bits per heavy atom. The molecule has 1 aliphatic rings. The van der Waals surface area contributed by atoms with Crippen molar-refractivity contribution in [1.82, 2.24) is 20.1 Å². The van der Waals surface area contributed by atoms with E-state index in [0.717, 1.165) is 31.5 Å². The highest BCUT2D eigenvalue weighted by atomic mass is 16.6. The molecule has 1 aromatic heterocycles. The maximum absolute atomic E-state index is 10.6. The lowest BCUT2D eigenvalue weighted by Crippen LogP contribution is -2.31. The molecule has 0 saturated carbocycles. The average Bonchev–Trinajstić information content (AvgIpc) is 2.98. The molecule has 1 unspecified atom stereocenters. The van der Waals surface area contributed by atoms with Crippen molar-refractivity contribution in [3.63, 3.8) is 0 Å². The Balaban J connectivity index is 1.80. The number of nitrogens with zero attached hydrogens (tertiary/aromatic N) is 4. The van der Waals surface area contributed by atoms with Crippen LogP contribution in [0.25, 0.3) is 11.4 Å². The third kappa shape index (κ3) is 2.53. The Labute approximate surface area is 115 Å². The Kier molecular flexibility index (Phi) is 3.42. The van der Waals surface area contributed by atoms with Gasteiger partial charge in [-0.05, 0) is 31.5 Å². The maximum atomic E-state index is 10.6. The average molecular weight is 273 g/mol.